The molecule has 0 aliphatic carbocycles. The molecule has 1 amide bonds. The number of nitrogens with zero attached hydrogens (tertiary/aromatic N) is 1. The summed E-state index contributed by atoms with van der Waals surface area (Å²) in [7, 11) is 0. The van der Waals surface area contributed by atoms with Crippen molar-refractivity contribution in [3.05, 3.63) is 34.3 Å². The monoisotopic (exact) mass is 242 g/mol. The van der Waals surface area contributed by atoms with Crippen LogP contribution in [0, 0.1) is 0 Å². The van der Waals surface area contributed by atoms with Crippen LogP contribution in [0.2, 0.25) is 0 Å². The molecule has 0 radical (unpaired) electrons. The minimum Gasteiger partial charge on any atom is -0.410 e. The maximum absolute atomic E-state index is 10.8. The third-order valence-electron chi connectivity index (χ3n) is 1.46. The van der Waals surface area contributed by atoms with E-state index in [1.807, 2.05) is 0 Å². The second-order valence-electron chi connectivity index (χ2n) is 2.29. The van der Waals surface area contributed by atoms with Gasteiger partial charge in [-0.2, -0.15) is 0 Å². The highest BCUT2D eigenvalue weighted by Gasteiger charge is 2.13. The van der Waals surface area contributed by atoms with E-state index < -0.39 is 5.91 Å². The van der Waals surface area contributed by atoms with Crippen molar-refractivity contribution in [1.82, 2.24) is 0 Å². The molecule has 1 aromatic rings. The molecule has 0 unspecified atom stereocenters. The molecule has 13 heavy (non-hydrogen) atoms. The molecule has 0 atom stereocenters. The van der Waals surface area contributed by atoms with Gasteiger partial charge in [0.1, 0.15) is 0 Å². The molecule has 68 valence electrons. The van der Waals surface area contributed by atoms with Crippen molar-refractivity contribution in [2.24, 2.45) is 10.9 Å². The maximum Gasteiger partial charge on any atom is 0.271 e. The predicted octanol–water partition coefficient (Wildman–Crippen LogP) is 1.11. The van der Waals surface area contributed by atoms with Gasteiger partial charge in [0.25, 0.3) is 5.91 Å². The molecule has 0 aromatic heterocycles. The Kier molecular flexibility index (Phi) is 3.02. The van der Waals surface area contributed by atoms with E-state index in [9.17, 15) is 4.79 Å². The molecule has 0 heterocycles. The van der Waals surface area contributed by atoms with Gasteiger partial charge < -0.3 is 10.9 Å². The van der Waals surface area contributed by atoms with Gasteiger partial charge in [0.15, 0.2) is 5.71 Å². The van der Waals surface area contributed by atoms with E-state index in [0.29, 0.717) is 10.0 Å². The molecule has 0 aliphatic heterocycles. The second-order valence-corrected chi connectivity index (χ2v) is 3.15. The molecule has 3 N–H and O–H groups in total. The van der Waals surface area contributed by atoms with Gasteiger partial charge >= 0.3 is 0 Å². The average Bonchev–Trinajstić information content (AvgIpc) is 2.09. The fourth-order valence-corrected chi connectivity index (χ4v) is 1.36. The van der Waals surface area contributed by atoms with Gasteiger partial charge in [0.05, 0.1) is 0 Å². The Morgan fingerprint density at radius 3 is 2.54 bits per heavy atom. The Morgan fingerprint density at radius 1 is 1.46 bits per heavy atom. The van der Waals surface area contributed by atoms with E-state index in [-0.39, 0.29) is 5.71 Å². The minimum absolute atomic E-state index is 0.160. The van der Waals surface area contributed by atoms with Gasteiger partial charge in [0, 0.05) is 10.0 Å². The first-order chi connectivity index (χ1) is 6.16. The van der Waals surface area contributed by atoms with Crippen molar-refractivity contribution in [3.8, 4) is 0 Å². The second kappa shape index (κ2) is 4.04. The van der Waals surface area contributed by atoms with Crippen LogP contribution in [0.15, 0.2) is 33.9 Å². The molecular formula is C8H7BrN2O2. The number of hydrogen-bond donors (Lipinski definition) is 2. The van der Waals surface area contributed by atoms with E-state index in [2.05, 4.69) is 21.1 Å². The summed E-state index contributed by atoms with van der Waals surface area (Å²) in [6, 6.07) is 6.85. The number of halogens is 1. The fourth-order valence-electron chi connectivity index (χ4n) is 0.889. The summed E-state index contributed by atoms with van der Waals surface area (Å²) in [4.78, 5) is 10.8. The summed E-state index contributed by atoms with van der Waals surface area (Å²) in [6.45, 7) is 0. The molecule has 1 rings (SSSR count). The standard InChI is InChI=1S/C8H7BrN2O2/c9-6-4-2-1-3-5(6)7(11-13)8(10)12/h1-4,13H,(H2,10,12). The van der Waals surface area contributed by atoms with Crippen LogP contribution < -0.4 is 5.73 Å². The lowest BCUT2D eigenvalue weighted by Gasteiger charge is -2.01. The van der Waals surface area contributed by atoms with Crippen LogP contribution in [-0.2, 0) is 4.79 Å². The van der Waals surface area contributed by atoms with E-state index in [0.717, 1.165) is 0 Å². The first-order valence-corrected chi connectivity index (χ1v) is 4.23. The van der Waals surface area contributed by atoms with Gasteiger partial charge in [-0.1, -0.05) is 39.3 Å². The van der Waals surface area contributed by atoms with Crippen LogP contribution in [0.4, 0.5) is 0 Å². The van der Waals surface area contributed by atoms with E-state index in [4.69, 9.17) is 10.9 Å². The zero-order valence-electron chi connectivity index (χ0n) is 6.57. The molecule has 0 saturated carbocycles. The van der Waals surface area contributed by atoms with Gasteiger partial charge in [-0.3, -0.25) is 4.79 Å². The highest BCUT2D eigenvalue weighted by molar-refractivity contribution is 9.10. The lowest BCUT2D eigenvalue weighted by atomic mass is 10.1. The molecule has 1 aromatic carbocycles. The molecule has 0 spiro atoms. The van der Waals surface area contributed by atoms with Crippen LogP contribution in [0.25, 0.3) is 0 Å². The SMILES string of the molecule is NC(=O)C(=NO)c1ccccc1Br. The molecular weight excluding hydrogens is 236 g/mol. The van der Waals surface area contributed by atoms with Crippen LogP contribution in [-0.4, -0.2) is 16.8 Å². The first kappa shape index (κ1) is 9.73. The topological polar surface area (TPSA) is 75.7 Å². The Hall–Kier alpha value is -1.36. The molecule has 5 heteroatoms. The summed E-state index contributed by atoms with van der Waals surface area (Å²) in [6.07, 6.45) is 0. The normalized spacial score (nSPS) is 11.3. The summed E-state index contributed by atoms with van der Waals surface area (Å²) in [5.41, 5.74) is 5.31. The van der Waals surface area contributed by atoms with Crippen LogP contribution in [0.1, 0.15) is 5.56 Å². The zero-order valence-corrected chi connectivity index (χ0v) is 8.15. The van der Waals surface area contributed by atoms with Gasteiger partial charge in [0.2, 0.25) is 0 Å². The fraction of sp³-hybridized carbons (Fsp3) is 0. The number of oxime groups is 1. The van der Waals surface area contributed by atoms with Crippen molar-refractivity contribution < 1.29 is 10.0 Å². The average molecular weight is 243 g/mol. The zero-order chi connectivity index (χ0) is 9.84. The third kappa shape index (κ3) is 2.06. The number of carbonyl (C=O) groups is 1. The van der Waals surface area contributed by atoms with Crippen LogP contribution in [0.5, 0.6) is 0 Å². The van der Waals surface area contributed by atoms with Crippen molar-refractivity contribution in [2.45, 2.75) is 0 Å². The van der Waals surface area contributed by atoms with Crippen LogP contribution >= 0.6 is 15.9 Å². The maximum atomic E-state index is 10.8. The molecule has 0 aliphatic rings. The van der Waals surface area contributed by atoms with Gasteiger partial charge in [-0.05, 0) is 6.07 Å². The highest BCUT2D eigenvalue weighted by atomic mass is 79.9. The number of benzene rings is 1. The van der Waals surface area contributed by atoms with Gasteiger partial charge in [-0.25, -0.2) is 0 Å². The summed E-state index contributed by atoms with van der Waals surface area (Å²) in [5.74, 6) is -0.769. The molecule has 0 fully saturated rings. The number of carbonyl (C=O) groups excluding carboxylic acids is 1. The number of rotatable bonds is 2. The summed E-state index contributed by atoms with van der Waals surface area (Å²) >= 11 is 3.21. The van der Waals surface area contributed by atoms with Crippen molar-refractivity contribution in [1.29, 1.82) is 0 Å². The molecule has 4 nitrogen and oxygen atoms in total. The largest absolute Gasteiger partial charge is 0.410 e. The Balaban J connectivity index is 3.21. The number of primary amides is 1. The molecule has 0 saturated heterocycles. The quantitative estimate of drug-likeness (QED) is 0.463. The van der Waals surface area contributed by atoms with Crippen molar-refractivity contribution in [3.63, 3.8) is 0 Å². The van der Waals surface area contributed by atoms with Gasteiger partial charge in [-0.15, -0.1) is 0 Å². The highest BCUT2D eigenvalue weighted by Crippen LogP contribution is 2.16. The van der Waals surface area contributed by atoms with Crippen molar-refractivity contribution >= 4 is 27.5 Å². The van der Waals surface area contributed by atoms with E-state index >= 15 is 0 Å². The minimum atomic E-state index is -0.769. The summed E-state index contributed by atoms with van der Waals surface area (Å²) in [5, 5.41) is 11.4. The smallest absolute Gasteiger partial charge is 0.271 e. The predicted molar refractivity (Wildman–Crippen MR) is 51.7 cm³/mol. The molecule has 0 bridgehead atoms. The number of nitrogens with two attached hydrogens (primary N) is 1. The van der Waals surface area contributed by atoms with Crippen molar-refractivity contribution in [2.75, 3.05) is 0 Å². The lowest BCUT2D eigenvalue weighted by molar-refractivity contribution is -0.112. The third-order valence-corrected chi connectivity index (χ3v) is 2.15. The Labute approximate surface area is 83.2 Å². The number of amides is 1. The first-order valence-electron chi connectivity index (χ1n) is 3.43. The van der Waals surface area contributed by atoms with Crippen LogP contribution in [0.3, 0.4) is 0 Å². The van der Waals surface area contributed by atoms with E-state index in [1.165, 1.54) is 0 Å². The lowest BCUT2D eigenvalue weighted by Crippen LogP contribution is -2.24. The Bertz CT molecular complexity index is 363. The summed E-state index contributed by atoms with van der Waals surface area (Å²) < 4.78 is 0.654. The van der Waals surface area contributed by atoms with E-state index in [1.54, 1.807) is 24.3 Å². The number of hydrogen-bond acceptors (Lipinski definition) is 3. The Morgan fingerprint density at radius 2 is 2.08 bits per heavy atom.